The fourth-order valence-electron chi connectivity index (χ4n) is 3.71. The minimum atomic E-state index is -0.0651. The van der Waals surface area contributed by atoms with Crippen molar-refractivity contribution in [3.05, 3.63) is 108 Å². The maximum absolute atomic E-state index is 6.34. The molecular weight excluding hydrogens is 388 g/mol. The second kappa shape index (κ2) is 12.3. The summed E-state index contributed by atoms with van der Waals surface area (Å²) in [6, 6.07) is 30.9. The van der Waals surface area contributed by atoms with Crippen molar-refractivity contribution in [1.29, 1.82) is 0 Å². The minimum Gasteiger partial charge on any atom is -0.375 e. The first-order valence-electron chi connectivity index (χ1n) is 10.5. The van der Waals surface area contributed by atoms with E-state index in [9.17, 15) is 0 Å². The summed E-state index contributed by atoms with van der Waals surface area (Å²) in [6.45, 7) is 3.08. The Morgan fingerprint density at radius 3 is 1.68 bits per heavy atom. The zero-order valence-corrected chi connectivity index (χ0v) is 17.9. The highest BCUT2D eigenvalue weighted by molar-refractivity contribution is 5.15. The van der Waals surface area contributed by atoms with Gasteiger partial charge in [0.25, 0.3) is 0 Å². The lowest BCUT2D eigenvalue weighted by Crippen LogP contribution is -2.39. The Morgan fingerprint density at radius 2 is 1.13 bits per heavy atom. The van der Waals surface area contributed by atoms with Crippen molar-refractivity contribution in [2.45, 2.75) is 38.1 Å². The average Bonchev–Trinajstić information content (AvgIpc) is 3.20. The molecule has 31 heavy (non-hydrogen) atoms. The minimum absolute atomic E-state index is 0. The van der Waals surface area contributed by atoms with Crippen molar-refractivity contribution in [1.82, 2.24) is 11.5 Å². The lowest BCUT2D eigenvalue weighted by molar-refractivity contribution is -0.0786. The normalized spacial score (nSPS) is 20.3. The Balaban J connectivity index is 0.00000272. The fraction of sp³-hybridized carbons (Fsp3) is 0.308. The van der Waals surface area contributed by atoms with Crippen LogP contribution in [0.4, 0.5) is 0 Å². The standard InChI is InChI=1S/C26H29NO3.H3N/c1-4-10-21(11-5-1)17-28-20-24-26(30-19-23-14-8-3-9-15-23)25(16-27-24)29-18-22-12-6-2-7-13-22;/h1-15,24-27H,16-20H2;1H3/t24-,25-,26-;/m0./s1. The molecule has 0 aromatic heterocycles. The molecule has 1 aliphatic rings. The molecule has 3 aromatic rings. The molecule has 4 N–H and O–H groups in total. The van der Waals surface area contributed by atoms with E-state index in [2.05, 4.69) is 41.7 Å². The van der Waals surface area contributed by atoms with E-state index in [0.717, 1.165) is 12.1 Å². The molecule has 5 heteroatoms. The first kappa shape index (κ1) is 23.1. The van der Waals surface area contributed by atoms with Gasteiger partial charge in [-0.3, -0.25) is 0 Å². The quantitative estimate of drug-likeness (QED) is 0.505. The van der Waals surface area contributed by atoms with Crippen molar-refractivity contribution in [2.24, 2.45) is 0 Å². The maximum atomic E-state index is 6.34. The molecule has 4 rings (SSSR count). The fourth-order valence-corrected chi connectivity index (χ4v) is 3.71. The van der Waals surface area contributed by atoms with E-state index >= 15 is 0 Å². The van der Waals surface area contributed by atoms with Crippen molar-refractivity contribution >= 4 is 0 Å². The van der Waals surface area contributed by atoms with E-state index in [-0.39, 0.29) is 24.4 Å². The van der Waals surface area contributed by atoms with E-state index in [1.54, 1.807) is 0 Å². The van der Waals surface area contributed by atoms with Crippen LogP contribution in [-0.4, -0.2) is 31.4 Å². The Hall–Kier alpha value is -2.54. The number of hydrogen-bond acceptors (Lipinski definition) is 5. The van der Waals surface area contributed by atoms with Crippen LogP contribution < -0.4 is 11.5 Å². The van der Waals surface area contributed by atoms with Gasteiger partial charge < -0.3 is 25.7 Å². The summed E-state index contributed by atoms with van der Waals surface area (Å²) in [5.74, 6) is 0. The van der Waals surface area contributed by atoms with Crippen LogP contribution in [-0.2, 0) is 34.0 Å². The van der Waals surface area contributed by atoms with Gasteiger partial charge in [0.1, 0.15) is 6.10 Å². The number of nitrogens with one attached hydrogen (secondary N) is 1. The number of benzene rings is 3. The molecule has 164 valence electrons. The monoisotopic (exact) mass is 420 g/mol. The molecule has 1 aliphatic heterocycles. The molecule has 0 amide bonds. The van der Waals surface area contributed by atoms with E-state index in [4.69, 9.17) is 14.2 Å². The van der Waals surface area contributed by atoms with Crippen LogP contribution in [0.25, 0.3) is 0 Å². The Kier molecular flexibility index (Phi) is 9.21. The molecular formula is C26H32N2O3. The summed E-state index contributed by atoms with van der Waals surface area (Å²) in [7, 11) is 0. The number of rotatable bonds is 10. The Bertz CT molecular complexity index is 862. The third-order valence-corrected chi connectivity index (χ3v) is 5.35. The number of ether oxygens (including phenoxy) is 3. The van der Waals surface area contributed by atoms with E-state index in [1.807, 2.05) is 54.6 Å². The smallest absolute Gasteiger partial charge is 0.103 e. The van der Waals surface area contributed by atoms with Crippen LogP contribution in [0.5, 0.6) is 0 Å². The number of hydrogen-bond donors (Lipinski definition) is 2. The zero-order chi connectivity index (χ0) is 20.4. The molecule has 3 atom stereocenters. The molecule has 1 saturated heterocycles. The van der Waals surface area contributed by atoms with E-state index in [0.29, 0.717) is 26.4 Å². The lowest BCUT2D eigenvalue weighted by Gasteiger charge is -2.25. The highest BCUT2D eigenvalue weighted by atomic mass is 16.5. The predicted octanol–water partition coefficient (Wildman–Crippen LogP) is 4.51. The summed E-state index contributed by atoms with van der Waals surface area (Å²) in [6.07, 6.45) is -0.0797. The molecule has 0 bridgehead atoms. The lowest BCUT2D eigenvalue weighted by atomic mass is 10.1. The highest BCUT2D eigenvalue weighted by Crippen LogP contribution is 2.20. The maximum Gasteiger partial charge on any atom is 0.103 e. The van der Waals surface area contributed by atoms with E-state index in [1.165, 1.54) is 11.1 Å². The van der Waals surface area contributed by atoms with Gasteiger partial charge in [-0.15, -0.1) is 0 Å². The first-order chi connectivity index (χ1) is 14.9. The topological polar surface area (TPSA) is 74.7 Å². The summed E-state index contributed by atoms with van der Waals surface area (Å²) < 4.78 is 18.6. The molecule has 0 aliphatic carbocycles. The molecule has 1 heterocycles. The van der Waals surface area contributed by atoms with Gasteiger partial charge in [-0.05, 0) is 16.7 Å². The van der Waals surface area contributed by atoms with Crippen LogP contribution in [0.3, 0.4) is 0 Å². The van der Waals surface area contributed by atoms with Crippen LogP contribution >= 0.6 is 0 Å². The summed E-state index contributed by atoms with van der Waals surface area (Å²) in [5.41, 5.74) is 3.51. The molecule has 0 saturated carbocycles. The second-order valence-electron chi connectivity index (χ2n) is 7.61. The SMILES string of the molecule is N.c1ccc(COC[C@@H]2NC[C@H](OCc3ccccc3)[C@H]2OCc2ccccc2)cc1. The second-order valence-corrected chi connectivity index (χ2v) is 7.61. The van der Waals surface area contributed by atoms with Crippen LogP contribution in [0.1, 0.15) is 16.7 Å². The molecule has 0 unspecified atom stereocenters. The molecule has 0 radical (unpaired) electrons. The Morgan fingerprint density at radius 1 is 0.645 bits per heavy atom. The molecule has 3 aromatic carbocycles. The van der Waals surface area contributed by atoms with Crippen molar-refractivity contribution in [3.63, 3.8) is 0 Å². The molecule has 5 nitrogen and oxygen atoms in total. The third-order valence-electron chi connectivity index (χ3n) is 5.35. The largest absolute Gasteiger partial charge is 0.375 e. The average molecular weight is 421 g/mol. The first-order valence-corrected chi connectivity index (χ1v) is 10.5. The zero-order valence-electron chi connectivity index (χ0n) is 17.9. The van der Waals surface area contributed by atoms with Crippen molar-refractivity contribution in [3.8, 4) is 0 Å². The van der Waals surface area contributed by atoms with Gasteiger partial charge in [0.05, 0.1) is 38.6 Å². The van der Waals surface area contributed by atoms with Crippen molar-refractivity contribution in [2.75, 3.05) is 13.2 Å². The van der Waals surface area contributed by atoms with Crippen LogP contribution in [0, 0.1) is 0 Å². The van der Waals surface area contributed by atoms with Gasteiger partial charge >= 0.3 is 0 Å². The Labute approximate surface area is 184 Å². The highest BCUT2D eigenvalue weighted by Gasteiger charge is 2.37. The van der Waals surface area contributed by atoms with Crippen LogP contribution in [0.15, 0.2) is 91.0 Å². The van der Waals surface area contributed by atoms with Gasteiger partial charge in [-0.25, -0.2) is 0 Å². The third kappa shape index (κ3) is 6.99. The summed E-state index contributed by atoms with van der Waals surface area (Å²) in [5, 5.41) is 3.54. The van der Waals surface area contributed by atoms with Crippen molar-refractivity contribution < 1.29 is 14.2 Å². The van der Waals surface area contributed by atoms with Gasteiger partial charge in [-0.2, -0.15) is 0 Å². The van der Waals surface area contributed by atoms with Crippen LogP contribution in [0.2, 0.25) is 0 Å². The molecule has 1 fully saturated rings. The molecule has 0 spiro atoms. The van der Waals surface area contributed by atoms with Gasteiger partial charge in [0.15, 0.2) is 0 Å². The summed E-state index contributed by atoms with van der Waals surface area (Å²) >= 11 is 0. The van der Waals surface area contributed by atoms with E-state index < -0.39 is 0 Å². The van der Waals surface area contributed by atoms with Gasteiger partial charge in [0.2, 0.25) is 0 Å². The predicted molar refractivity (Wildman–Crippen MR) is 123 cm³/mol. The van der Waals surface area contributed by atoms with Gasteiger partial charge in [0, 0.05) is 6.54 Å². The van der Waals surface area contributed by atoms with Gasteiger partial charge in [-0.1, -0.05) is 91.0 Å². The summed E-state index contributed by atoms with van der Waals surface area (Å²) in [4.78, 5) is 0.